The molecule has 5 nitrogen and oxygen atoms in total. The first-order valence-electron chi connectivity index (χ1n) is 8.15. The van der Waals surface area contributed by atoms with Crippen LogP contribution in [-0.4, -0.2) is 39.9 Å². The number of anilines is 1. The van der Waals surface area contributed by atoms with Crippen LogP contribution in [0.1, 0.15) is 34.6 Å². The summed E-state index contributed by atoms with van der Waals surface area (Å²) in [6.45, 7) is 5.07. The fraction of sp³-hybridized carbons (Fsp3) is 0.389. The van der Waals surface area contributed by atoms with Crippen LogP contribution in [0.15, 0.2) is 30.3 Å². The average Bonchev–Trinajstić information content (AvgIpc) is 2.54. The summed E-state index contributed by atoms with van der Waals surface area (Å²) in [5, 5.41) is 3.34. The molecule has 0 radical (unpaired) electrons. The number of carbonyl (C=O) groups is 1. The van der Waals surface area contributed by atoms with Gasteiger partial charge in [-0.05, 0) is 44.9 Å². The molecule has 126 valence electrons. The standard InChI is InChI=1S/C18H21FN4O/c1-12-11-13(2)21-18(20-12)22-14-7-9-23(10-8-14)17(24)15-5-3-4-6-16(15)19/h3-6,11,14H,7-10H2,1-2H3,(H,20,21,22). The van der Waals surface area contributed by atoms with Gasteiger partial charge in [-0.25, -0.2) is 14.4 Å². The Morgan fingerprint density at radius 3 is 2.42 bits per heavy atom. The zero-order valence-corrected chi connectivity index (χ0v) is 13.9. The first-order chi connectivity index (χ1) is 11.5. The number of amides is 1. The second-order valence-electron chi connectivity index (χ2n) is 6.16. The van der Waals surface area contributed by atoms with Crippen molar-refractivity contribution in [2.45, 2.75) is 32.7 Å². The number of hydrogen-bond acceptors (Lipinski definition) is 4. The number of rotatable bonds is 3. The SMILES string of the molecule is Cc1cc(C)nc(NC2CCN(C(=O)c3ccccc3F)CC2)n1. The van der Waals surface area contributed by atoms with Gasteiger partial charge in [0, 0.05) is 30.5 Å². The van der Waals surface area contributed by atoms with Gasteiger partial charge in [-0.1, -0.05) is 12.1 Å². The van der Waals surface area contributed by atoms with E-state index in [2.05, 4.69) is 15.3 Å². The molecule has 1 fully saturated rings. The molecule has 1 aromatic heterocycles. The number of benzene rings is 1. The minimum absolute atomic E-state index is 0.140. The molecule has 0 aliphatic carbocycles. The van der Waals surface area contributed by atoms with E-state index in [0.717, 1.165) is 24.2 Å². The van der Waals surface area contributed by atoms with Crippen LogP contribution < -0.4 is 5.32 Å². The summed E-state index contributed by atoms with van der Waals surface area (Å²) < 4.78 is 13.8. The van der Waals surface area contributed by atoms with E-state index in [1.165, 1.54) is 12.1 Å². The summed E-state index contributed by atoms with van der Waals surface area (Å²) in [7, 11) is 0. The fourth-order valence-electron chi connectivity index (χ4n) is 3.00. The summed E-state index contributed by atoms with van der Waals surface area (Å²) in [5.74, 6) is -0.0769. The van der Waals surface area contributed by atoms with Gasteiger partial charge in [0.05, 0.1) is 5.56 Å². The monoisotopic (exact) mass is 328 g/mol. The predicted octanol–water partition coefficient (Wildman–Crippen LogP) is 2.95. The van der Waals surface area contributed by atoms with Gasteiger partial charge in [0.25, 0.3) is 5.91 Å². The molecule has 3 rings (SSSR count). The van der Waals surface area contributed by atoms with Crippen LogP contribution in [0.25, 0.3) is 0 Å². The Morgan fingerprint density at radius 1 is 1.17 bits per heavy atom. The quantitative estimate of drug-likeness (QED) is 0.941. The number of hydrogen-bond donors (Lipinski definition) is 1. The third kappa shape index (κ3) is 3.69. The number of nitrogens with zero attached hydrogens (tertiary/aromatic N) is 3. The van der Waals surface area contributed by atoms with E-state index in [9.17, 15) is 9.18 Å². The van der Waals surface area contributed by atoms with E-state index >= 15 is 0 Å². The Morgan fingerprint density at radius 2 is 1.79 bits per heavy atom. The maximum absolute atomic E-state index is 13.8. The molecular weight excluding hydrogens is 307 g/mol. The molecule has 1 N–H and O–H groups in total. The Kier molecular flexibility index (Phi) is 4.74. The molecule has 1 aliphatic rings. The van der Waals surface area contributed by atoms with E-state index < -0.39 is 5.82 Å². The molecule has 0 atom stereocenters. The number of carbonyl (C=O) groups excluding carboxylic acids is 1. The zero-order valence-electron chi connectivity index (χ0n) is 13.9. The van der Waals surface area contributed by atoms with Gasteiger partial charge in [-0.3, -0.25) is 4.79 Å². The molecule has 2 heterocycles. The van der Waals surface area contributed by atoms with E-state index in [0.29, 0.717) is 19.0 Å². The van der Waals surface area contributed by atoms with Gasteiger partial charge >= 0.3 is 0 Å². The molecule has 1 saturated heterocycles. The summed E-state index contributed by atoms with van der Waals surface area (Å²) in [4.78, 5) is 22.9. The van der Waals surface area contributed by atoms with Crippen LogP contribution in [0, 0.1) is 19.7 Å². The first kappa shape index (κ1) is 16.4. The Labute approximate surface area is 140 Å². The zero-order chi connectivity index (χ0) is 17.1. The molecular formula is C18H21FN4O. The Balaban J connectivity index is 1.59. The summed E-state index contributed by atoms with van der Waals surface area (Å²) in [6, 6.07) is 8.27. The van der Waals surface area contributed by atoms with Crippen molar-refractivity contribution in [3.63, 3.8) is 0 Å². The Hall–Kier alpha value is -2.50. The van der Waals surface area contributed by atoms with Crippen LogP contribution in [0.2, 0.25) is 0 Å². The van der Waals surface area contributed by atoms with Crippen LogP contribution in [0.4, 0.5) is 10.3 Å². The lowest BCUT2D eigenvalue weighted by atomic mass is 10.0. The van der Waals surface area contributed by atoms with Crippen LogP contribution in [0.5, 0.6) is 0 Å². The molecule has 1 aromatic carbocycles. The number of piperidine rings is 1. The third-order valence-electron chi connectivity index (χ3n) is 4.20. The number of nitrogens with one attached hydrogen (secondary N) is 1. The minimum atomic E-state index is -0.466. The van der Waals surface area contributed by atoms with Crippen molar-refractivity contribution in [1.82, 2.24) is 14.9 Å². The maximum Gasteiger partial charge on any atom is 0.256 e. The highest BCUT2D eigenvalue weighted by molar-refractivity contribution is 5.94. The van der Waals surface area contributed by atoms with E-state index in [4.69, 9.17) is 0 Å². The molecule has 0 saturated carbocycles. The highest BCUT2D eigenvalue weighted by Gasteiger charge is 2.25. The van der Waals surface area contributed by atoms with Gasteiger partial charge in [0.15, 0.2) is 0 Å². The highest BCUT2D eigenvalue weighted by Crippen LogP contribution is 2.18. The second-order valence-corrected chi connectivity index (χ2v) is 6.16. The number of aryl methyl sites for hydroxylation is 2. The lowest BCUT2D eigenvalue weighted by Gasteiger charge is -2.32. The summed E-state index contributed by atoms with van der Waals surface area (Å²) in [5.41, 5.74) is 2.00. The summed E-state index contributed by atoms with van der Waals surface area (Å²) in [6.07, 6.45) is 1.58. The van der Waals surface area contributed by atoms with E-state index in [-0.39, 0.29) is 17.5 Å². The van der Waals surface area contributed by atoms with E-state index in [1.807, 2.05) is 19.9 Å². The van der Waals surface area contributed by atoms with Gasteiger partial charge < -0.3 is 10.2 Å². The van der Waals surface area contributed by atoms with Crippen molar-refractivity contribution in [2.75, 3.05) is 18.4 Å². The molecule has 24 heavy (non-hydrogen) atoms. The van der Waals surface area contributed by atoms with Crippen molar-refractivity contribution in [3.05, 3.63) is 53.1 Å². The maximum atomic E-state index is 13.8. The smallest absolute Gasteiger partial charge is 0.256 e. The van der Waals surface area contributed by atoms with Gasteiger partial charge in [-0.2, -0.15) is 0 Å². The van der Waals surface area contributed by atoms with Crippen molar-refractivity contribution in [3.8, 4) is 0 Å². The average molecular weight is 328 g/mol. The van der Waals surface area contributed by atoms with Crippen molar-refractivity contribution in [2.24, 2.45) is 0 Å². The summed E-state index contributed by atoms with van der Waals surface area (Å²) >= 11 is 0. The molecule has 6 heteroatoms. The van der Waals surface area contributed by atoms with Crippen molar-refractivity contribution in [1.29, 1.82) is 0 Å². The van der Waals surface area contributed by atoms with Gasteiger partial charge in [0.1, 0.15) is 5.82 Å². The molecule has 0 bridgehead atoms. The first-order valence-corrected chi connectivity index (χ1v) is 8.15. The number of halogens is 1. The van der Waals surface area contributed by atoms with Gasteiger partial charge in [-0.15, -0.1) is 0 Å². The second kappa shape index (κ2) is 6.95. The topological polar surface area (TPSA) is 58.1 Å². The molecule has 0 spiro atoms. The van der Waals surface area contributed by atoms with Crippen molar-refractivity contribution >= 4 is 11.9 Å². The van der Waals surface area contributed by atoms with Crippen LogP contribution in [0.3, 0.4) is 0 Å². The lowest BCUT2D eigenvalue weighted by molar-refractivity contribution is 0.0713. The fourth-order valence-corrected chi connectivity index (χ4v) is 3.00. The highest BCUT2D eigenvalue weighted by atomic mass is 19.1. The minimum Gasteiger partial charge on any atom is -0.351 e. The van der Waals surface area contributed by atoms with Crippen molar-refractivity contribution < 1.29 is 9.18 Å². The molecule has 1 aliphatic heterocycles. The molecule has 2 aromatic rings. The number of likely N-dealkylation sites (tertiary alicyclic amines) is 1. The molecule has 0 unspecified atom stereocenters. The predicted molar refractivity (Wildman–Crippen MR) is 90.5 cm³/mol. The van der Waals surface area contributed by atoms with Crippen LogP contribution in [-0.2, 0) is 0 Å². The normalized spacial score (nSPS) is 15.4. The largest absolute Gasteiger partial charge is 0.351 e. The van der Waals surface area contributed by atoms with E-state index in [1.54, 1.807) is 17.0 Å². The third-order valence-corrected chi connectivity index (χ3v) is 4.20. The van der Waals surface area contributed by atoms with Crippen LogP contribution >= 0.6 is 0 Å². The Bertz CT molecular complexity index is 721. The number of aromatic nitrogens is 2. The van der Waals surface area contributed by atoms with Gasteiger partial charge in [0.2, 0.25) is 5.95 Å². The molecule has 1 amide bonds. The lowest BCUT2D eigenvalue weighted by Crippen LogP contribution is -2.42.